The second-order valence-electron chi connectivity index (χ2n) is 7.66. The van der Waals surface area contributed by atoms with Crippen molar-refractivity contribution in [2.45, 2.75) is 25.8 Å². The summed E-state index contributed by atoms with van der Waals surface area (Å²) in [4.78, 5) is 43.0. The molecule has 7 nitrogen and oxygen atoms in total. The molecule has 1 fully saturated rings. The van der Waals surface area contributed by atoms with Crippen molar-refractivity contribution in [2.24, 2.45) is 5.92 Å². The lowest BCUT2D eigenvalue weighted by Crippen LogP contribution is -2.46. The lowest BCUT2D eigenvalue weighted by atomic mass is 9.80. The summed E-state index contributed by atoms with van der Waals surface area (Å²) in [5, 5.41) is 2.28. The molecule has 31 heavy (non-hydrogen) atoms. The number of halogens is 1. The molecule has 0 amide bonds. The zero-order chi connectivity index (χ0) is 22.0. The number of aromatic nitrogens is 2. The van der Waals surface area contributed by atoms with Crippen LogP contribution in [-0.4, -0.2) is 46.7 Å². The second-order valence-corrected chi connectivity index (χ2v) is 8.57. The Balaban J connectivity index is 1.51. The molecule has 0 saturated carbocycles. The van der Waals surface area contributed by atoms with Gasteiger partial charge in [-0.3, -0.25) is 19.1 Å². The van der Waals surface area contributed by atoms with Gasteiger partial charge in [0.2, 0.25) is 0 Å². The van der Waals surface area contributed by atoms with Crippen molar-refractivity contribution in [1.29, 1.82) is 0 Å². The van der Waals surface area contributed by atoms with Gasteiger partial charge >= 0.3 is 11.7 Å². The fourth-order valence-electron chi connectivity index (χ4n) is 4.24. The zero-order valence-electron chi connectivity index (χ0n) is 17.2. The number of piperidine rings is 1. The van der Waals surface area contributed by atoms with E-state index in [0.29, 0.717) is 36.3 Å². The number of hydrogen-bond acceptors (Lipinski definition) is 6. The highest BCUT2D eigenvalue weighted by atomic mass is 32.1. The summed E-state index contributed by atoms with van der Waals surface area (Å²) in [6.45, 7) is 3.91. The Kier molecular flexibility index (Phi) is 6.33. The van der Waals surface area contributed by atoms with E-state index in [-0.39, 0.29) is 36.4 Å². The molecule has 0 radical (unpaired) electrons. The van der Waals surface area contributed by atoms with Crippen molar-refractivity contribution in [3.8, 4) is 0 Å². The van der Waals surface area contributed by atoms with E-state index >= 15 is 0 Å². The molecule has 1 N–H and O–H groups in total. The number of H-pyrrole nitrogens is 1. The van der Waals surface area contributed by atoms with Crippen LogP contribution in [0.25, 0.3) is 10.2 Å². The number of fused-ring (bicyclic) bond motifs is 1. The number of thiophene rings is 1. The molecular formula is C22H24FN3O4S. The molecule has 9 heteroatoms. The predicted octanol–water partition coefficient (Wildman–Crippen LogP) is 2.56. The molecule has 2 atom stereocenters. The van der Waals surface area contributed by atoms with Gasteiger partial charge in [0, 0.05) is 19.6 Å². The summed E-state index contributed by atoms with van der Waals surface area (Å²) in [6.07, 6.45) is 0.698. The van der Waals surface area contributed by atoms with E-state index < -0.39 is 11.6 Å². The Morgan fingerprint density at radius 2 is 2.00 bits per heavy atom. The van der Waals surface area contributed by atoms with Crippen molar-refractivity contribution in [3.63, 3.8) is 0 Å². The third-order valence-electron chi connectivity index (χ3n) is 5.83. The minimum absolute atomic E-state index is 0.0656. The van der Waals surface area contributed by atoms with Gasteiger partial charge in [-0.2, -0.15) is 0 Å². The average Bonchev–Trinajstić information content (AvgIpc) is 3.23. The molecule has 2 unspecified atom stereocenters. The maximum Gasteiger partial charge on any atom is 0.329 e. The summed E-state index contributed by atoms with van der Waals surface area (Å²) in [5.74, 6) is -1.05. The molecule has 1 saturated heterocycles. The lowest BCUT2D eigenvalue weighted by Gasteiger charge is -2.37. The maximum atomic E-state index is 13.3. The molecule has 0 spiro atoms. The van der Waals surface area contributed by atoms with Gasteiger partial charge in [-0.25, -0.2) is 9.18 Å². The number of benzene rings is 1. The van der Waals surface area contributed by atoms with Crippen LogP contribution in [0.4, 0.5) is 4.39 Å². The van der Waals surface area contributed by atoms with Crippen LogP contribution in [0.15, 0.2) is 45.3 Å². The molecule has 2 aromatic heterocycles. The maximum absolute atomic E-state index is 13.3. The second kappa shape index (κ2) is 9.15. The Morgan fingerprint density at radius 1 is 1.23 bits per heavy atom. The summed E-state index contributed by atoms with van der Waals surface area (Å²) in [7, 11) is 0. The average molecular weight is 446 g/mol. The number of aromatic amines is 1. The SMILES string of the molecule is CCOC(=O)C1CN(CCn2c(=O)[nH]c3sccc3c2=O)CCC1c1ccc(F)cc1. The first-order valence-electron chi connectivity index (χ1n) is 10.3. The number of nitrogens with zero attached hydrogens (tertiary/aromatic N) is 2. The van der Waals surface area contributed by atoms with Gasteiger partial charge in [-0.1, -0.05) is 12.1 Å². The van der Waals surface area contributed by atoms with E-state index in [9.17, 15) is 18.8 Å². The van der Waals surface area contributed by atoms with Crippen LogP contribution >= 0.6 is 11.3 Å². The number of ether oxygens (including phenoxy) is 1. The topological polar surface area (TPSA) is 84.4 Å². The number of nitrogens with one attached hydrogen (secondary N) is 1. The van der Waals surface area contributed by atoms with Crippen LogP contribution in [0.5, 0.6) is 0 Å². The quantitative estimate of drug-likeness (QED) is 0.590. The number of carbonyl (C=O) groups excluding carboxylic acids is 1. The van der Waals surface area contributed by atoms with Crippen molar-refractivity contribution in [2.75, 3.05) is 26.2 Å². The number of likely N-dealkylation sites (tertiary alicyclic amines) is 1. The monoisotopic (exact) mass is 445 g/mol. The van der Waals surface area contributed by atoms with Gasteiger partial charge in [-0.05, 0) is 54.9 Å². The summed E-state index contributed by atoms with van der Waals surface area (Å²) >= 11 is 1.32. The molecule has 164 valence electrons. The number of carbonyl (C=O) groups is 1. The first-order valence-corrected chi connectivity index (χ1v) is 11.2. The Labute approximate surface area is 182 Å². The fourth-order valence-corrected chi connectivity index (χ4v) is 5.01. The minimum Gasteiger partial charge on any atom is -0.466 e. The van der Waals surface area contributed by atoms with E-state index in [2.05, 4.69) is 9.88 Å². The minimum atomic E-state index is -0.428. The van der Waals surface area contributed by atoms with E-state index in [0.717, 1.165) is 5.56 Å². The fraction of sp³-hybridized carbons (Fsp3) is 0.409. The van der Waals surface area contributed by atoms with E-state index in [4.69, 9.17) is 4.74 Å². The largest absolute Gasteiger partial charge is 0.466 e. The van der Waals surface area contributed by atoms with Gasteiger partial charge in [0.25, 0.3) is 5.56 Å². The van der Waals surface area contributed by atoms with Crippen molar-refractivity contribution < 1.29 is 13.9 Å². The Morgan fingerprint density at radius 3 is 2.74 bits per heavy atom. The first kappa shape index (κ1) is 21.5. The van der Waals surface area contributed by atoms with Crippen LogP contribution in [-0.2, 0) is 16.1 Å². The normalized spacial score (nSPS) is 19.5. The van der Waals surface area contributed by atoms with E-state index in [1.54, 1.807) is 30.5 Å². The summed E-state index contributed by atoms with van der Waals surface area (Å²) in [5.41, 5.74) is 0.181. The Hall–Kier alpha value is -2.78. The molecule has 3 aromatic rings. The standard InChI is InChI=1S/C22H24FN3O4S/c1-2-30-21(28)18-13-25(9-7-16(18)14-3-5-15(23)6-4-14)10-11-26-20(27)17-8-12-31-19(17)24-22(26)29/h3-6,8,12,16,18H,2,7,9-11,13H2,1H3,(H,24,29). The molecule has 1 aliphatic heterocycles. The third-order valence-corrected chi connectivity index (χ3v) is 6.66. The van der Waals surface area contributed by atoms with Crippen molar-refractivity contribution >= 4 is 27.5 Å². The van der Waals surface area contributed by atoms with Crippen LogP contribution in [0.3, 0.4) is 0 Å². The van der Waals surface area contributed by atoms with E-state index in [1.165, 1.54) is 28.0 Å². The smallest absolute Gasteiger partial charge is 0.329 e. The van der Waals surface area contributed by atoms with Crippen LogP contribution < -0.4 is 11.2 Å². The molecule has 0 aliphatic carbocycles. The highest BCUT2D eigenvalue weighted by Gasteiger charge is 2.36. The number of esters is 1. The van der Waals surface area contributed by atoms with Crippen molar-refractivity contribution in [1.82, 2.24) is 14.5 Å². The van der Waals surface area contributed by atoms with Crippen LogP contribution in [0, 0.1) is 11.7 Å². The molecule has 3 heterocycles. The molecule has 0 bridgehead atoms. The van der Waals surface area contributed by atoms with Gasteiger partial charge in [-0.15, -0.1) is 11.3 Å². The summed E-state index contributed by atoms with van der Waals surface area (Å²) < 4.78 is 19.8. The predicted molar refractivity (Wildman–Crippen MR) is 117 cm³/mol. The highest BCUT2D eigenvalue weighted by Crippen LogP contribution is 2.34. The highest BCUT2D eigenvalue weighted by molar-refractivity contribution is 7.16. The van der Waals surface area contributed by atoms with Crippen LogP contribution in [0.2, 0.25) is 0 Å². The lowest BCUT2D eigenvalue weighted by molar-refractivity contribution is -0.150. The molecule has 1 aliphatic rings. The molecular weight excluding hydrogens is 421 g/mol. The van der Waals surface area contributed by atoms with Gasteiger partial charge < -0.3 is 9.64 Å². The number of hydrogen-bond donors (Lipinski definition) is 1. The van der Waals surface area contributed by atoms with Gasteiger partial charge in [0.15, 0.2) is 0 Å². The third kappa shape index (κ3) is 4.47. The summed E-state index contributed by atoms with van der Waals surface area (Å²) in [6, 6.07) is 7.96. The van der Waals surface area contributed by atoms with Crippen molar-refractivity contribution in [3.05, 3.63) is 67.9 Å². The number of rotatable bonds is 6. The Bertz CT molecular complexity index is 1180. The van der Waals surface area contributed by atoms with Crippen LogP contribution in [0.1, 0.15) is 24.8 Å². The molecule has 1 aromatic carbocycles. The van der Waals surface area contributed by atoms with Gasteiger partial charge in [0.05, 0.1) is 17.9 Å². The van der Waals surface area contributed by atoms with Gasteiger partial charge in [0.1, 0.15) is 10.6 Å². The first-order chi connectivity index (χ1) is 15.0. The van der Waals surface area contributed by atoms with E-state index in [1.807, 2.05) is 0 Å². The zero-order valence-corrected chi connectivity index (χ0v) is 18.0. The molecule has 4 rings (SSSR count).